The Labute approximate surface area is 160 Å². The fourth-order valence-corrected chi connectivity index (χ4v) is 3.52. The molecule has 0 saturated heterocycles. The number of nitriles is 1. The first-order valence-electron chi connectivity index (χ1n) is 8.65. The summed E-state index contributed by atoms with van der Waals surface area (Å²) in [7, 11) is -1.99. The molecule has 0 spiro atoms. The zero-order chi connectivity index (χ0) is 20.0. The van der Waals surface area contributed by atoms with Crippen LogP contribution < -0.4 is 0 Å². The maximum atomic E-state index is 13.2. The Balaban J connectivity index is 2.44. The van der Waals surface area contributed by atoms with Crippen molar-refractivity contribution >= 4 is 20.1 Å². The summed E-state index contributed by atoms with van der Waals surface area (Å²) in [6.45, 7) is 7.33. The van der Waals surface area contributed by atoms with E-state index >= 15 is 0 Å². The largest absolute Gasteiger partial charge is 0.461 e. The average molecular weight is 382 g/mol. The van der Waals surface area contributed by atoms with Crippen LogP contribution in [0.25, 0.3) is 0 Å². The monoisotopic (exact) mass is 381 g/mol. The maximum Gasteiger partial charge on any atom is 0.302 e. The Morgan fingerprint density at radius 2 is 1.63 bits per heavy atom. The molecule has 0 aliphatic carbocycles. The lowest BCUT2D eigenvalue weighted by Crippen LogP contribution is -2.28. The molecule has 0 aromatic heterocycles. The van der Waals surface area contributed by atoms with Crippen LogP contribution in [0.15, 0.2) is 48.5 Å². The molecule has 0 saturated carbocycles. The predicted octanol–water partition coefficient (Wildman–Crippen LogP) is 4.40. The van der Waals surface area contributed by atoms with Crippen LogP contribution in [0.4, 0.5) is 0 Å². The number of carbonyl (C=O) groups excluding carboxylic acids is 2. The summed E-state index contributed by atoms with van der Waals surface area (Å²) >= 11 is 0. The summed E-state index contributed by atoms with van der Waals surface area (Å²) in [6.07, 6.45) is -0.808. The fraction of sp³-hybridized carbons (Fsp3) is 0.286. The summed E-state index contributed by atoms with van der Waals surface area (Å²) in [6, 6.07) is 16.1. The number of ketones is 1. The minimum atomic E-state index is -1.99. The van der Waals surface area contributed by atoms with E-state index in [9.17, 15) is 14.9 Å². The summed E-state index contributed by atoms with van der Waals surface area (Å²) in [5.41, 5.74) is 2.02. The highest BCUT2D eigenvalue weighted by atomic mass is 28.4. The van der Waals surface area contributed by atoms with E-state index in [-0.39, 0.29) is 12.4 Å². The van der Waals surface area contributed by atoms with Gasteiger partial charge in [0.1, 0.15) is 6.61 Å². The lowest BCUT2D eigenvalue weighted by Gasteiger charge is -2.23. The van der Waals surface area contributed by atoms with Gasteiger partial charge in [0.2, 0.25) is 0 Å². The quantitative estimate of drug-likeness (QED) is 0.404. The maximum absolute atomic E-state index is 13.2. The molecule has 140 valence electrons. The molecule has 0 fully saturated rings. The zero-order valence-electron chi connectivity index (χ0n) is 16.0. The van der Waals surface area contributed by atoms with E-state index in [2.05, 4.69) is 6.07 Å². The molecule has 0 heterocycles. The van der Waals surface area contributed by atoms with Crippen molar-refractivity contribution in [3.8, 4) is 6.07 Å². The molecule has 0 amide bonds. The molecular weight excluding hydrogens is 358 g/mol. The molecule has 1 atom stereocenters. The third-order valence-electron chi connectivity index (χ3n) is 3.77. The van der Waals surface area contributed by atoms with Crippen LogP contribution in [0.2, 0.25) is 19.6 Å². The fourth-order valence-electron chi connectivity index (χ4n) is 2.64. The molecule has 1 unspecified atom stereocenters. The number of benzene rings is 2. The Kier molecular flexibility index (Phi) is 6.67. The summed E-state index contributed by atoms with van der Waals surface area (Å²) in [4.78, 5) is 24.4. The lowest BCUT2D eigenvalue weighted by atomic mass is 9.93. The Morgan fingerprint density at radius 1 is 1.04 bits per heavy atom. The second-order valence-corrected chi connectivity index (χ2v) is 11.6. The first kappa shape index (κ1) is 20.6. The van der Waals surface area contributed by atoms with Gasteiger partial charge in [-0.15, -0.1) is 0 Å². The Hall–Kier alpha value is -2.75. The number of nitrogens with zero attached hydrogens (tertiary/aromatic N) is 1. The molecule has 2 aromatic rings. The van der Waals surface area contributed by atoms with Gasteiger partial charge in [0.05, 0.1) is 6.07 Å². The van der Waals surface area contributed by atoms with Crippen LogP contribution in [0.3, 0.4) is 0 Å². The Morgan fingerprint density at radius 3 is 2.22 bits per heavy atom. The molecule has 6 heteroatoms. The lowest BCUT2D eigenvalue weighted by molar-refractivity contribution is -0.142. The molecule has 0 aliphatic heterocycles. The second kappa shape index (κ2) is 8.76. The Bertz CT molecular complexity index is 880. The number of hydrogen-bond acceptors (Lipinski definition) is 5. The summed E-state index contributed by atoms with van der Waals surface area (Å²) in [5, 5.41) is 9.60. The van der Waals surface area contributed by atoms with Crippen molar-refractivity contribution in [2.75, 3.05) is 0 Å². The van der Waals surface area contributed by atoms with E-state index in [1.807, 2.05) is 19.6 Å². The first-order valence-corrected chi connectivity index (χ1v) is 12.1. The minimum Gasteiger partial charge on any atom is -0.461 e. The van der Waals surface area contributed by atoms with E-state index < -0.39 is 20.4 Å². The SMILES string of the molecule is CC(=O)OCc1ccccc1C(=O)c1ccccc1C(C#N)O[Si](C)(C)C. The van der Waals surface area contributed by atoms with Crippen LogP contribution in [-0.2, 0) is 20.6 Å². The molecule has 0 radical (unpaired) electrons. The highest BCUT2D eigenvalue weighted by Crippen LogP contribution is 2.27. The number of carbonyl (C=O) groups is 2. The van der Waals surface area contributed by atoms with Gasteiger partial charge >= 0.3 is 5.97 Å². The second-order valence-electron chi connectivity index (χ2n) is 7.09. The summed E-state index contributed by atoms with van der Waals surface area (Å²) in [5.74, 6) is -0.640. The van der Waals surface area contributed by atoms with Crippen molar-refractivity contribution < 1.29 is 18.8 Å². The third-order valence-corrected chi connectivity index (χ3v) is 4.71. The van der Waals surface area contributed by atoms with E-state index in [0.717, 1.165) is 0 Å². The number of esters is 1. The van der Waals surface area contributed by atoms with Crippen LogP contribution in [0.5, 0.6) is 0 Å². The van der Waals surface area contributed by atoms with Gasteiger partial charge in [-0.25, -0.2) is 0 Å². The van der Waals surface area contributed by atoms with Gasteiger partial charge < -0.3 is 9.16 Å². The number of rotatable bonds is 7. The van der Waals surface area contributed by atoms with Gasteiger partial charge in [0.25, 0.3) is 0 Å². The highest BCUT2D eigenvalue weighted by molar-refractivity contribution is 6.69. The molecule has 0 aliphatic rings. The van der Waals surface area contributed by atoms with E-state index in [4.69, 9.17) is 9.16 Å². The molecule has 0 N–H and O–H groups in total. The number of hydrogen-bond donors (Lipinski definition) is 0. The summed E-state index contributed by atoms with van der Waals surface area (Å²) < 4.78 is 11.0. The van der Waals surface area contributed by atoms with Crippen LogP contribution in [-0.4, -0.2) is 20.1 Å². The molecule has 2 aromatic carbocycles. The van der Waals surface area contributed by atoms with Gasteiger partial charge in [0.15, 0.2) is 20.2 Å². The van der Waals surface area contributed by atoms with Gasteiger partial charge in [-0.2, -0.15) is 5.26 Å². The third kappa shape index (κ3) is 5.61. The van der Waals surface area contributed by atoms with Gasteiger partial charge in [-0.1, -0.05) is 48.5 Å². The van der Waals surface area contributed by atoms with Gasteiger partial charge in [0, 0.05) is 29.2 Å². The van der Waals surface area contributed by atoms with Gasteiger partial charge in [-0.05, 0) is 19.6 Å². The van der Waals surface area contributed by atoms with Crippen molar-refractivity contribution in [1.82, 2.24) is 0 Å². The molecule has 5 nitrogen and oxygen atoms in total. The van der Waals surface area contributed by atoms with E-state index in [1.54, 1.807) is 48.5 Å². The smallest absolute Gasteiger partial charge is 0.302 e. The predicted molar refractivity (Wildman–Crippen MR) is 105 cm³/mol. The molecule has 2 rings (SSSR count). The topological polar surface area (TPSA) is 76.4 Å². The van der Waals surface area contributed by atoms with Crippen molar-refractivity contribution in [3.63, 3.8) is 0 Å². The average Bonchev–Trinajstić information content (AvgIpc) is 2.63. The van der Waals surface area contributed by atoms with E-state index in [1.165, 1.54) is 6.92 Å². The zero-order valence-corrected chi connectivity index (χ0v) is 17.0. The molecular formula is C21H23NO4Si. The van der Waals surface area contributed by atoms with Crippen molar-refractivity contribution in [1.29, 1.82) is 5.26 Å². The normalized spacial score (nSPS) is 12.1. The van der Waals surface area contributed by atoms with Gasteiger partial charge in [-0.3, -0.25) is 9.59 Å². The van der Waals surface area contributed by atoms with E-state index in [0.29, 0.717) is 22.3 Å². The first-order chi connectivity index (χ1) is 12.7. The minimum absolute atomic E-state index is 0.0203. The van der Waals surface area contributed by atoms with Crippen LogP contribution >= 0.6 is 0 Å². The van der Waals surface area contributed by atoms with Crippen molar-refractivity contribution in [2.24, 2.45) is 0 Å². The highest BCUT2D eigenvalue weighted by Gasteiger charge is 2.26. The standard InChI is InChI=1S/C21H23NO4Si/c1-15(23)25-14-16-9-5-6-10-17(16)21(24)19-12-8-7-11-18(19)20(13-22)26-27(2,3)4/h5-12,20H,14H2,1-4H3. The van der Waals surface area contributed by atoms with Crippen LogP contribution in [0, 0.1) is 11.3 Å². The van der Waals surface area contributed by atoms with Crippen LogP contribution in [0.1, 0.15) is 40.1 Å². The van der Waals surface area contributed by atoms with Crippen molar-refractivity contribution in [3.05, 3.63) is 70.8 Å². The molecule has 27 heavy (non-hydrogen) atoms. The number of ether oxygens (including phenoxy) is 1. The van der Waals surface area contributed by atoms with Crippen molar-refractivity contribution in [2.45, 2.75) is 39.3 Å². The molecule has 0 bridgehead atoms.